The summed E-state index contributed by atoms with van der Waals surface area (Å²) in [6, 6.07) is 0. The van der Waals surface area contributed by atoms with Crippen LogP contribution in [-0.2, 0) is 9.53 Å². The first-order chi connectivity index (χ1) is 6.27. The molecule has 1 atom stereocenters. The molecule has 0 aliphatic carbocycles. The van der Waals surface area contributed by atoms with Gasteiger partial charge in [-0.3, -0.25) is 0 Å². The fourth-order valence-corrected chi connectivity index (χ4v) is 2.37. The van der Waals surface area contributed by atoms with Crippen molar-refractivity contribution in [3.63, 3.8) is 0 Å². The summed E-state index contributed by atoms with van der Waals surface area (Å²) in [5, 5.41) is 0. The highest BCUT2D eigenvalue weighted by molar-refractivity contribution is 5.61. The van der Waals surface area contributed by atoms with Gasteiger partial charge in [0.25, 0.3) is 0 Å². The molecule has 13 heavy (non-hydrogen) atoms. The summed E-state index contributed by atoms with van der Waals surface area (Å²) in [7, 11) is 2.13. The van der Waals surface area contributed by atoms with E-state index in [0.29, 0.717) is 19.1 Å². The van der Waals surface area contributed by atoms with Crippen LogP contribution in [0.15, 0.2) is 0 Å². The van der Waals surface area contributed by atoms with Crippen molar-refractivity contribution in [2.24, 2.45) is 11.3 Å². The Balaban J connectivity index is 2.01. The fraction of sp³-hybridized carbons (Fsp3) is 0.900. The second kappa shape index (κ2) is 3.39. The summed E-state index contributed by atoms with van der Waals surface area (Å²) in [5.41, 5.74) is -0.130. The third kappa shape index (κ3) is 1.51. The molecule has 2 fully saturated rings. The first-order valence-electron chi connectivity index (χ1n) is 4.99. The van der Waals surface area contributed by atoms with Crippen molar-refractivity contribution >= 4 is 6.29 Å². The van der Waals surface area contributed by atoms with Gasteiger partial charge in [-0.25, -0.2) is 0 Å². The fourth-order valence-electron chi connectivity index (χ4n) is 2.37. The lowest BCUT2D eigenvalue weighted by atomic mass is 9.71. The number of nitrogens with zero attached hydrogens (tertiary/aromatic N) is 1. The second-order valence-electron chi connectivity index (χ2n) is 4.45. The van der Waals surface area contributed by atoms with Crippen LogP contribution >= 0.6 is 0 Å². The van der Waals surface area contributed by atoms with Gasteiger partial charge in [-0.05, 0) is 32.4 Å². The number of aldehydes is 1. The molecule has 74 valence electrons. The third-order valence-electron chi connectivity index (χ3n) is 3.41. The van der Waals surface area contributed by atoms with Crippen LogP contribution in [0, 0.1) is 11.3 Å². The van der Waals surface area contributed by atoms with Gasteiger partial charge in [-0.15, -0.1) is 0 Å². The molecule has 0 radical (unpaired) electrons. The highest BCUT2D eigenvalue weighted by Crippen LogP contribution is 2.38. The molecule has 0 aromatic heterocycles. The topological polar surface area (TPSA) is 29.5 Å². The highest BCUT2D eigenvalue weighted by Gasteiger charge is 2.46. The Hall–Kier alpha value is -0.410. The lowest BCUT2D eigenvalue weighted by Crippen LogP contribution is -2.54. The molecule has 0 amide bonds. The van der Waals surface area contributed by atoms with Gasteiger partial charge in [0.05, 0.1) is 18.6 Å². The molecule has 0 bridgehead atoms. The van der Waals surface area contributed by atoms with E-state index in [9.17, 15) is 4.79 Å². The van der Waals surface area contributed by atoms with Gasteiger partial charge in [-0.1, -0.05) is 0 Å². The minimum Gasteiger partial charge on any atom is -0.379 e. The molecule has 0 aromatic carbocycles. The van der Waals surface area contributed by atoms with Gasteiger partial charge in [0, 0.05) is 6.54 Å². The lowest BCUT2D eigenvalue weighted by Gasteiger charge is -2.46. The van der Waals surface area contributed by atoms with E-state index in [1.807, 2.05) is 0 Å². The summed E-state index contributed by atoms with van der Waals surface area (Å²) < 4.78 is 5.17. The number of hydrogen-bond acceptors (Lipinski definition) is 3. The quantitative estimate of drug-likeness (QED) is 0.585. The molecule has 0 aromatic rings. The van der Waals surface area contributed by atoms with Crippen LogP contribution in [-0.4, -0.2) is 44.5 Å². The Morgan fingerprint density at radius 2 is 2.31 bits per heavy atom. The Morgan fingerprint density at radius 3 is 2.77 bits per heavy atom. The van der Waals surface area contributed by atoms with Gasteiger partial charge >= 0.3 is 0 Å². The number of likely N-dealkylation sites (tertiary alicyclic amines) is 1. The maximum absolute atomic E-state index is 11.0. The minimum absolute atomic E-state index is 0.130. The van der Waals surface area contributed by atoms with Gasteiger partial charge in [0.15, 0.2) is 0 Å². The van der Waals surface area contributed by atoms with E-state index in [0.717, 1.165) is 12.8 Å². The number of carbonyl (C=O) groups excluding carboxylic acids is 1. The highest BCUT2D eigenvalue weighted by atomic mass is 16.5. The molecule has 1 unspecified atom stereocenters. The van der Waals surface area contributed by atoms with Gasteiger partial charge < -0.3 is 14.4 Å². The summed E-state index contributed by atoms with van der Waals surface area (Å²) in [4.78, 5) is 13.3. The molecule has 3 nitrogen and oxygen atoms in total. The molecule has 2 aliphatic rings. The van der Waals surface area contributed by atoms with Gasteiger partial charge in [0.1, 0.15) is 6.29 Å². The van der Waals surface area contributed by atoms with Crippen LogP contribution in [0.2, 0.25) is 0 Å². The number of piperidine rings is 1. The van der Waals surface area contributed by atoms with Crippen LogP contribution in [0.5, 0.6) is 0 Å². The van der Waals surface area contributed by atoms with Crippen molar-refractivity contribution in [2.45, 2.75) is 12.8 Å². The number of ether oxygens (including phenoxy) is 1. The Kier molecular flexibility index (Phi) is 2.39. The second-order valence-corrected chi connectivity index (χ2v) is 4.45. The largest absolute Gasteiger partial charge is 0.379 e. The van der Waals surface area contributed by atoms with Crippen molar-refractivity contribution in [1.29, 1.82) is 0 Å². The summed E-state index contributed by atoms with van der Waals surface area (Å²) in [6.45, 7) is 3.53. The van der Waals surface area contributed by atoms with Crippen LogP contribution in [0.3, 0.4) is 0 Å². The van der Waals surface area contributed by atoms with Crippen molar-refractivity contribution in [1.82, 2.24) is 4.90 Å². The van der Waals surface area contributed by atoms with Crippen LogP contribution < -0.4 is 0 Å². The maximum atomic E-state index is 11.0. The Labute approximate surface area is 79.0 Å². The lowest BCUT2D eigenvalue weighted by molar-refractivity contribution is -0.164. The number of carbonyl (C=O) groups is 1. The van der Waals surface area contributed by atoms with Crippen LogP contribution in [0.4, 0.5) is 0 Å². The molecule has 2 saturated heterocycles. The smallest absolute Gasteiger partial charge is 0.131 e. The van der Waals surface area contributed by atoms with E-state index >= 15 is 0 Å². The van der Waals surface area contributed by atoms with E-state index in [1.54, 1.807) is 0 Å². The van der Waals surface area contributed by atoms with Crippen molar-refractivity contribution in [3.05, 3.63) is 0 Å². The minimum atomic E-state index is -0.130. The first-order valence-corrected chi connectivity index (χ1v) is 4.99. The van der Waals surface area contributed by atoms with E-state index < -0.39 is 0 Å². The van der Waals surface area contributed by atoms with E-state index in [1.165, 1.54) is 19.4 Å². The maximum Gasteiger partial charge on any atom is 0.131 e. The van der Waals surface area contributed by atoms with Gasteiger partial charge in [0.2, 0.25) is 0 Å². The summed E-state index contributed by atoms with van der Waals surface area (Å²) in [5.74, 6) is 0.525. The van der Waals surface area contributed by atoms with Gasteiger partial charge in [-0.2, -0.15) is 0 Å². The molecule has 3 heteroatoms. The van der Waals surface area contributed by atoms with Crippen molar-refractivity contribution in [2.75, 3.05) is 33.4 Å². The predicted octanol–water partition coefficient (Wildman–Crippen LogP) is 0.544. The average Bonchev–Trinajstić information content (AvgIpc) is 2.03. The molecule has 0 saturated carbocycles. The zero-order chi connectivity index (χ0) is 9.31. The van der Waals surface area contributed by atoms with E-state index in [-0.39, 0.29) is 5.41 Å². The molecule has 2 aliphatic heterocycles. The zero-order valence-electron chi connectivity index (χ0n) is 8.16. The molecule has 0 spiro atoms. The van der Waals surface area contributed by atoms with Crippen LogP contribution in [0.25, 0.3) is 0 Å². The van der Waals surface area contributed by atoms with Crippen LogP contribution in [0.1, 0.15) is 12.8 Å². The molecular formula is C10H17NO2. The van der Waals surface area contributed by atoms with Crippen molar-refractivity contribution < 1.29 is 9.53 Å². The van der Waals surface area contributed by atoms with E-state index in [2.05, 4.69) is 11.9 Å². The van der Waals surface area contributed by atoms with E-state index in [4.69, 9.17) is 4.74 Å². The summed E-state index contributed by atoms with van der Waals surface area (Å²) >= 11 is 0. The van der Waals surface area contributed by atoms with Crippen molar-refractivity contribution in [3.8, 4) is 0 Å². The SMILES string of the molecule is CN1CCCC(C2(C=O)COC2)C1. The number of rotatable bonds is 2. The Morgan fingerprint density at radius 1 is 1.54 bits per heavy atom. The molecular weight excluding hydrogens is 166 g/mol. The molecule has 2 heterocycles. The predicted molar refractivity (Wildman–Crippen MR) is 49.5 cm³/mol. The molecule has 0 N–H and O–H groups in total. The third-order valence-corrected chi connectivity index (χ3v) is 3.41. The monoisotopic (exact) mass is 183 g/mol. The standard InChI is InChI=1S/C10H17NO2/c1-11-4-2-3-9(5-11)10(6-12)7-13-8-10/h6,9H,2-5,7-8H2,1H3. The normalized spacial score (nSPS) is 33.8. The molecule has 2 rings (SSSR count). The zero-order valence-corrected chi connectivity index (χ0v) is 8.16. The summed E-state index contributed by atoms with van der Waals surface area (Å²) in [6.07, 6.45) is 3.53. The average molecular weight is 183 g/mol. The number of hydrogen-bond donors (Lipinski definition) is 0. The Bertz CT molecular complexity index is 201. The first kappa shape index (κ1) is 9.16.